The molecular formula is C16H16N2O3. The fraction of sp³-hybridized carbons (Fsp3) is 0.188. The molecule has 0 aromatic heterocycles. The van der Waals surface area contributed by atoms with E-state index in [-0.39, 0.29) is 18.0 Å². The third kappa shape index (κ3) is 3.45. The van der Waals surface area contributed by atoms with Crippen LogP contribution in [0, 0.1) is 24.0 Å². The Hall–Kier alpha value is -2.69. The number of Topliss-reactive ketones (excluding diaryl/α,β-unsaturated/α-hetero) is 1. The fourth-order valence-electron chi connectivity index (χ4n) is 1.99. The molecule has 0 unspecified atom stereocenters. The maximum absolute atomic E-state index is 12.1. The summed E-state index contributed by atoms with van der Waals surface area (Å²) in [5, 5.41) is 13.7. The normalized spacial score (nSPS) is 10.2. The van der Waals surface area contributed by atoms with E-state index in [1.165, 1.54) is 24.3 Å². The molecule has 5 nitrogen and oxygen atoms in total. The summed E-state index contributed by atoms with van der Waals surface area (Å²) >= 11 is 0. The number of anilines is 1. The zero-order chi connectivity index (χ0) is 15.4. The van der Waals surface area contributed by atoms with E-state index in [0.29, 0.717) is 5.56 Å². The summed E-state index contributed by atoms with van der Waals surface area (Å²) in [5.74, 6) is -0.106. The Labute approximate surface area is 122 Å². The fourth-order valence-corrected chi connectivity index (χ4v) is 1.99. The zero-order valence-electron chi connectivity index (χ0n) is 11.9. The Morgan fingerprint density at radius 3 is 2.43 bits per heavy atom. The minimum absolute atomic E-state index is 0.0194. The lowest BCUT2D eigenvalue weighted by Gasteiger charge is -2.10. The molecule has 0 radical (unpaired) electrons. The summed E-state index contributed by atoms with van der Waals surface area (Å²) in [6.45, 7) is 4.16. The number of ketones is 1. The van der Waals surface area contributed by atoms with Crippen molar-refractivity contribution >= 4 is 17.2 Å². The van der Waals surface area contributed by atoms with E-state index in [0.717, 1.165) is 16.8 Å². The molecular weight excluding hydrogens is 268 g/mol. The highest BCUT2D eigenvalue weighted by molar-refractivity contribution is 5.99. The molecule has 21 heavy (non-hydrogen) atoms. The van der Waals surface area contributed by atoms with Crippen molar-refractivity contribution in [1.29, 1.82) is 0 Å². The Morgan fingerprint density at radius 1 is 1.14 bits per heavy atom. The molecule has 0 fully saturated rings. The highest BCUT2D eigenvalue weighted by atomic mass is 16.6. The van der Waals surface area contributed by atoms with Crippen LogP contribution in [0.4, 0.5) is 11.4 Å². The number of hydrogen-bond acceptors (Lipinski definition) is 4. The second kappa shape index (κ2) is 6.17. The average molecular weight is 284 g/mol. The summed E-state index contributed by atoms with van der Waals surface area (Å²) in [4.78, 5) is 22.1. The maximum atomic E-state index is 12.1. The number of rotatable bonds is 5. The molecule has 0 bridgehead atoms. The second-order valence-corrected chi connectivity index (χ2v) is 4.83. The summed E-state index contributed by atoms with van der Waals surface area (Å²) < 4.78 is 0. The Kier molecular flexibility index (Phi) is 4.33. The first-order valence-electron chi connectivity index (χ1n) is 6.57. The molecule has 2 rings (SSSR count). The monoisotopic (exact) mass is 284 g/mol. The van der Waals surface area contributed by atoms with Gasteiger partial charge in [-0.25, -0.2) is 0 Å². The summed E-state index contributed by atoms with van der Waals surface area (Å²) in [6, 6.07) is 11.5. The van der Waals surface area contributed by atoms with Crippen LogP contribution >= 0.6 is 0 Å². The van der Waals surface area contributed by atoms with Gasteiger partial charge in [0, 0.05) is 23.4 Å². The molecule has 0 amide bonds. The molecule has 1 N–H and O–H groups in total. The van der Waals surface area contributed by atoms with Crippen LogP contribution in [0.1, 0.15) is 21.5 Å². The van der Waals surface area contributed by atoms with E-state index in [2.05, 4.69) is 5.32 Å². The number of carbonyl (C=O) groups excluding carboxylic acids is 1. The van der Waals surface area contributed by atoms with E-state index in [1.807, 2.05) is 32.0 Å². The molecule has 0 atom stereocenters. The van der Waals surface area contributed by atoms with Gasteiger partial charge >= 0.3 is 0 Å². The van der Waals surface area contributed by atoms with Crippen LogP contribution in [0.5, 0.6) is 0 Å². The van der Waals surface area contributed by atoms with Crippen molar-refractivity contribution in [2.45, 2.75) is 13.8 Å². The van der Waals surface area contributed by atoms with Gasteiger partial charge in [-0.15, -0.1) is 0 Å². The third-order valence-electron chi connectivity index (χ3n) is 3.44. The Bertz CT molecular complexity index is 678. The lowest BCUT2D eigenvalue weighted by Crippen LogP contribution is -2.14. The van der Waals surface area contributed by atoms with Gasteiger partial charge in [0.2, 0.25) is 0 Å². The third-order valence-corrected chi connectivity index (χ3v) is 3.44. The lowest BCUT2D eigenvalue weighted by molar-refractivity contribution is -0.384. The van der Waals surface area contributed by atoms with Crippen molar-refractivity contribution in [1.82, 2.24) is 0 Å². The quantitative estimate of drug-likeness (QED) is 0.518. The van der Waals surface area contributed by atoms with Gasteiger partial charge in [0.1, 0.15) is 0 Å². The van der Waals surface area contributed by atoms with Crippen LogP contribution in [0.25, 0.3) is 0 Å². The van der Waals surface area contributed by atoms with E-state index < -0.39 is 4.92 Å². The van der Waals surface area contributed by atoms with Gasteiger partial charge in [-0.3, -0.25) is 14.9 Å². The van der Waals surface area contributed by atoms with Crippen molar-refractivity contribution < 1.29 is 9.72 Å². The molecule has 2 aromatic carbocycles. The highest BCUT2D eigenvalue weighted by Crippen LogP contribution is 2.18. The summed E-state index contributed by atoms with van der Waals surface area (Å²) in [6.07, 6.45) is 0. The van der Waals surface area contributed by atoms with Crippen molar-refractivity contribution in [3.05, 3.63) is 69.3 Å². The average Bonchev–Trinajstić information content (AvgIpc) is 2.48. The molecule has 0 saturated heterocycles. The predicted octanol–water partition coefficient (Wildman–Crippen LogP) is 3.51. The van der Waals surface area contributed by atoms with Gasteiger partial charge < -0.3 is 5.32 Å². The number of nitro groups is 1. The number of nitrogens with one attached hydrogen (secondary N) is 1. The van der Waals surface area contributed by atoms with Crippen LogP contribution in [0.3, 0.4) is 0 Å². The van der Waals surface area contributed by atoms with E-state index in [4.69, 9.17) is 0 Å². The second-order valence-electron chi connectivity index (χ2n) is 4.83. The van der Waals surface area contributed by atoms with Crippen LogP contribution in [-0.4, -0.2) is 17.3 Å². The van der Waals surface area contributed by atoms with E-state index in [1.54, 1.807) is 0 Å². The number of aryl methyl sites for hydroxylation is 1. The van der Waals surface area contributed by atoms with Crippen LogP contribution in [0.15, 0.2) is 42.5 Å². The Balaban J connectivity index is 2.04. The van der Waals surface area contributed by atoms with Gasteiger partial charge in [0.15, 0.2) is 5.78 Å². The number of benzene rings is 2. The lowest BCUT2D eigenvalue weighted by atomic mass is 10.1. The number of hydrogen-bond donors (Lipinski definition) is 1. The minimum Gasteiger partial charge on any atom is -0.377 e. The molecule has 0 saturated carbocycles. The topological polar surface area (TPSA) is 72.2 Å². The Morgan fingerprint density at radius 2 is 1.81 bits per heavy atom. The molecule has 0 heterocycles. The first kappa shape index (κ1) is 14.7. The number of nitro benzene ring substituents is 1. The smallest absolute Gasteiger partial charge is 0.269 e. The standard InChI is InChI=1S/C16H16N2O3/c1-11-4-3-5-15(12(11)2)17-10-16(19)13-6-8-14(9-7-13)18(20)21/h3-9,17H,10H2,1-2H3. The minimum atomic E-state index is -0.484. The van der Waals surface area contributed by atoms with Gasteiger partial charge in [-0.05, 0) is 43.2 Å². The number of nitrogens with zero attached hydrogens (tertiary/aromatic N) is 1. The maximum Gasteiger partial charge on any atom is 0.269 e. The largest absolute Gasteiger partial charge is 0.377 e. The van der Waals surface area contributed by atoms with Crippen LogP contribution in [0.2, 0.25) is 0 Å². The van der Waals surface area contributed by atoms with E-state index in [9.17, 15) is 14.9 Å². The summed E-state index contributed by atoms with van der Waals surface area (Å²) in [5.41, 5.74) is 3.62. The van der Waals surface area contributed by atoms with Gasteiger partial charge in [0.05, 0.1) is 11.5 Å². The van der Waals surface area contributed by atoms with Crippen molar-refractivity contribution in [3.63, 3.8) is 0 Å². The molecule has 0 spiro atoms. The first-order valence-corrected chi connectivity index (χ1v) is 6.57. The SMILES string of the molecule is Cc1cccc(NCC(=O)c2ccc([N+](=O)[O-])cc2)c1C. The van der Waals surface area contributed by atoms with Crippen molar-refractivity contribution in [3.8, 4) is 0 Å². The molecule has 5 heteroatoms. The van der Waals surface area contributed by atoms with E-state index >= 15 is 0 Å². The van der Waals surface area contributed by atoms with Gasteiger partial charge in [-0.2, -0.15) is 0 Å². The number of carbonyl (C=O) groups is 1. The van der Waals surface area contributed by atoms with Crippen molar-refractivity contribution in [2.75, 3.05) is 11.9 Å². The molecule has 0 aliphatic rings. The highest BCUT2D eigenvalue weighted by Gasteiger charge is 2.10. The molecule has 108 valence electrons. The molecule has 0 aliphatic carbocycles. The van der Waals surface area contributed by atoms with Gasteiger partial charge in [-0.1, -0.05) is 12.1 Å². The molecule has 0 aliphatic heterocycles. The first-order chi connectivity index (χ1) is 9.99. The predicted molar refractivity (Wildman–Crippen MR) is 81.8 cm³/mol. The number of non-ortho nitro benzene ring substituents is 1. The summed E-state index contributed by atoms with van der Waals surface area (Å²) in [7, 11) is 0. The van der Waals surface area contributed by atoms with Crippen LogP contribution in [-0.2, 0) is 0 Å². The van der Waals surface area contributed by atoms with Gasteiger partial charge in [0.25, 0.3) is 5.69 Å². The van der Waals surface area contributed by atoms with Crippen molar-refractivity contribution in [2.24, 2.45) is 0 Å². The molecule has 2 aromatic rings. The van der Waals surface area contributed by atoms with Crippen LogP contribution < -0.4 is 5.32 Å². The zero-order valence-corrected chi connectivity index (χ0v) is 11.9.